The molecule has 0 saturated carbocycles. The zero-order valence-corrected chi connectivity index (χ0v) is 10.1. The van der Waals surface area contributed by atoms with Crippen LogP contribution in [-0.4, -0.2) is 10.2 Å². The number of phenolic OH excluding ortho intramolecular Hbond substituents is 2. The number of rotatable bonds is 1. The van der Waals surface area contributed by atoms with E-state index < -0.39 is 11.6 Å². The van der Waals surface area contributed by atoms with Crippen LogP contribution in [0.4, 0.5) is 4.39 Å². The molecule has 0 bridgehead atoms. The summed E-state index contributed by atoms with van der Waals surface area (Å²) >= 11 is 0. The molecule has 2 N–H and O–H groups in total. The van der Waals surface area contributed by atoms with Crippen molar-refractivity contribution in [3.8, 4) is 22.6 Å². The van der Waals surface area contributed by atoms with Gasteiger partial charge in [-0.15, -0.1) is 0 Å². The van der Waals surface area contributed by atoms with Gasteiger partial charge in [-0.1, -0.05) is 12.1 Å². The summed E-state index contributed by atoms with van der Waals surface area (Å²) in [5.74, 6) is -1.25. The highest BCUT2D eigenvalue weighted by Crippen LogP contribution is 2.33. The molecule has 0 amide bonds. The Morgan fingerprint density at radius 2 is 1.70 bits per heavy atom. The van der Waals surface area contributed by atoms with E-state index in [0.29, 0.717) is 5.56 Å². The predicted molar refractivity (Wildman–Crippen MR) is 71.2 cm³/mol. The van der Waals surface area contributed by atoms with Crippen molar-refractivity contribution in [3.05, 3.63) is 58.7 Å². The van der Waals surface area contributed by atoms with Crippen molar-refractivity contribution >= 4 is 11.0 Å². The monoisotopic (exact) mass is 272 g/mol. The maximum absolute atomic E-state index is 12.9. The maximum atomic E-state index is 12.9. The smallest absolute Gasteiger partial charge is 0.201 e. The highest BCUT2D eigenvalue weighted by Gasteiger charge is 2.14. The molecule has 0 spiro atoms. The van der Waals surface area contributed by atoms with Gasteiger partial charge in [0.15, 0.2) is 11.3 Å². The Morgan fingerprint density at radius 3 is 2.40 bits per heavy atom. The Balaban J connectivity index is 2.29. The average molecular weight is 272 g/mol. The number of fused-ring (bicyclic) bond motifs is 1. The molecular formula is C15H9FO4. The number of hydrogen-bond donors (Lipinski definition) is 2. The van der Waals surface area contributed by atoms with Crippen LogP contribution in [0, 0.1) is 5.82 Å². The third-order valence-corrected chi connectivity index (χ3v) is 3.05. The summed E-state index contributed by atoms with van der Waals surface area (Å²) in [6, 6.07) is 7.99. The van der Waals surface area contributed by atoms with Crippen molar-refractivity contribution in [1.29, 1.82) is 0 Å². The van der Waals surface area contributed by atoms with E-state index in [-0.39, 0.29) is 27.7 Å². The largest absolute Gasteiger partial charge is 0.504 e. The second-order valence-corrected chi connectivity index (χ2v) is 4.30. The molecular weight excluding hydrogens is 263 g/mol. The first-order valence-electron chi connectivity index (χ1n) is 5.80. The normalized spacial score (nSPS) is 10.8. The third kappa shape index (κ3) is 1.80. The zero-order chi connectivity index (χ0) is 14.3. The van der Waals surface area contributed by atoms with Crippen molar-refractivity contribution < 1.29 is 19.0 Å². The Hall–Kier alpha value is -2.82. The molecule has 0 aliphatic rings. The van der Waals surface area contributed by atoms with E-state index in [1.165, 1.54) is 42.7 Å². The molecule has 2 aromatic carbocycles. The van der Waals surface area contributed by atoms with E-state index in [1.807, 2.05) is 0 Å². The van der Waals surface area contributed by atoms with Gasteiger partial charge in [0.05, 0.1) is 10.9 Å². The molecule has 4 nitrogen and oxygen atoms in total. The summed E-state index contributed by atoms with van der Waals surface area (Å²) in [4.78, 5) is 12.3. The van der Waals surface area contributed by atoms with Crippen molar-refractivity contribution in [2.24, 2.45) is 0 Å². The van der Waals surface area contributed by atoms with Gasteiger partial charge < -0.3 is 14.6 Å². The summed E-state index contributed by atoms with van der Waals surface area (Å²) in [5, 5.41) is 19.2. The predicted octanol–water partition coefficient (Wildman–Crippen LogP) is 3.01. The molecule has 0 atom stereocenters. The van der Waals surface area contributed by atoms with Crippen LogP contribution in [0.25, 0.3) is 22.1 Å². The van der Waals surface area contributed by atoms with Crippen molar-refractivity contribution in [1.82, 2.24) is 0 Å². The van der Waals surface area contributed by atoms with Crippen LogP contribution in [0.5, 0.6) is 11.5 Å². The molecule has 3 rings (SSSR count). The third-order valence-electron chi connectivity index (χ3n) is 3.05. The van der Waals surface area contributed by atoms with Crippen LogP contribution in [-0.2, 0) is 0 Å². The Morgan fingerprint density at radius 1 is 1.00 bits per heavy atom. The average Bonchev–Trinajstić information content (AvgIpc) is 2.45. The van der Waals surface area contributed by atoms with Crippen LogP contribution < -0.4 is 5.43 Å². The summed E-state index contributed by atoms with van der Waals surface area (Å²) in [5.41, 5.74) is 0.311. The van der Waals surface area contributed by atoms with Gasteiger partial charge in [0.25, 0.3) is 0 Å². The van der Waals surface area contributed by atoms with Crippen molar-refractivity contribution in [2.75, 3.05) is 0 Å². The van der Waals surface area contributed by atoms with Gasteiger partial charge in [-0.2, -0.15) is 0 Å². The molecule has 0 unspecified atom stereocenters. The van der Waals surface area contributed by atoms with Gasteiger partial charge in [0, 0.05) is 0 Å². The van der Waals surface area contributed by atoms with Gasteiger partial charge in [-0.3, -0.25) is 4.79 Å². The Bertz CT molecular complexity index is 850. The highest BCUT2D eigenvalue weighted by atomic mass is 19.1. The van der Waals surface area contributed by atoms with Crippen molar-refractivity contribution in [3.63, 3.8) is 0 Å². The molecule has 1 heterocycles. The molecule has 1 aromatic heterocycles. The van der Waals surface area contributed by atoms with Gasteiger partial charge >= 0.3 is 0 Å². The number of phenols is 2. The SMILES string of the molecule is O=c1c(-c2ccc(F)cc2)coc2c(O)c(O)ccc12. The molecule has 0 radical (unpaired) electrons. The van der Waals surface area contributed by atoms with Gasteiger partial charge in [-0.25, -0.2) is 4.39 Å². The zero-order valence-electron chi connectivity index (χ0n) is 10.1. The molecule has 3 aromatic rings. The minimum atomic E-state index is -0.481. The van der Waals surface area contributed by atoms with E-state index in [4.69, 9.17) is 4.42 Å². The first kappa shape index (κ1) is 12.2. The second kappa shape index (κ2) is 4.38. The van der Waals surface area contributed by atoms with Gasteiger partial charge in [0.1, 0.15) is 12.1 Å². The lowest BCUT2D eigenvalue weighted by Crippen LogP contribution is -2.04. The quantitative estimate of drug-likeness (QED) is 0.668. The number of halogens is 1. The molecule has 100 valence electrons. The first-order chi connectivity index (χ1) is 9.58. The fraction of sp³-hybridized carbons (Fsp3) is 0. The molecule has 20 heavy (non-hydrogen) atoms. The van der Waals surface area contributed by atoms with Crippen molar-refractivity contribution in [2.45, 2.75) is 0 Å². The van der Waals surface area contributed by atoms with Crippen LogP contribution >= 0.6 is 0 Å². The topological polar surface area (TPSA) is 70.7 Å². The lowest BCUT2D eigenvalue weighted by atomic mass is 10.1. The standard InChI is InChI=1S/C15H9FO4/c16-9-3-1-8(2-4-9)11-7-20-15-10(13(11)18)5-6-12(17)14(15)19/h1-7,17,19H. The van der Waals surface area contributed by atoms with E-state index in [2.05, 4.69) is 0 Å². The highest BCUT2D eigenvalue weighted by molar-refractivity contribution is 5.87. The number of benzene rings is 2. The van der Waals surface area contributed by atoms with Crippen LogP contribution in [0.15, 0.2) is 51.9 Å². The molecule has 0 fully saturated rings. The van der Waals surface area contributed by atoms with Crippen LogP contribution in [0.3, 0.4) is 0 Å². The first-order valence-corrected chi connectivity index (χ1v) is 5.80. The van der Waals surface area contributed by atoms with E-state index in [0.717, 1.165) is 0 Å². The second-order valence-electron chi connectivity index (χ2n) is 4.30. The van der Waals surface area contributed by atoms with Crippen LogP contribution in [0.1, 0.15) is 0 Å². The van der Waals surface area contributed by atoms with Crippen LogP contribution in [0.2, 0.25) is 0 Å². The maximum Gasteiger partial charge on any atom is 0.201 e. The lowest BCUT2D eigenvalue weighted by Gasteiger charge is -2.05. The summed E-state index contributed by atoms with van der Waals surface area (Å²) in [7, 11) is 0. The van der Waals surface area contributed by atoms with Gasteiger partial charge in [-0.05, 0) is 29.8 Å². The Labute approximate surface area is 112 Å². The number of aromatic hydroxyl groups is 2. The van der Waals surface area contributed by atoms with E-state index in [1.54, 1.807) is 0 Å². The molecule has 0 saturated heterocycles. The minimum absolute atomic E-state index is 0.0825. The number of hydrogen-bond acceptors (Lipinski definition) is 4. The minimum Gasteiger partial charge on any atom is -0.504 e. The molecule has 0 aliphatic heterocycles. The Kier molecular flexibility index (Phi) is 2.68. The van der Waals surface area contributed by atoms with E-state index in [9.17, 15) is 19.4 Å². The van der Waals surface area contributed by atoms with E-state index >= 15 is 0 Å². The fourth-order valence-electron chi connectivity index (χ4n) is 2.00. The summed E-state index contributed by atoms with van der Waals surface area (Å²) in [6.07, 6.45) is 1.18. The summed E-state index contributed by atoms with van der Waals surface area (Å²) in [6.45, 7) is 0. The fourth-order valence-corrected chi connectivity index (χ4v) is 2.00. The molecule has 5 heteroatoms. The molecule has 0 aliphatic carbocycles. The summed E-state index contributed by atoms with van der Waals surface area (Å²) < 4.78 is 18.1. The lowest BCUT2D eigenvalue weighted by molar-refractivity contribution is 0.399. The van der Waals surface area contributed by atoms with Gasteiger partial charge in [0.2, 0.25) is 11.2 Å².